The molecular weight excluding hydrogens is 234 g/mol. The molecule has 0 aromatic carbocycles. The van der Waals surface area contributed by atoms with Gasteiger partial charge in [-0.05, 0) is 20.8 Å². The normalized spacial score (nSPS) is 11.4. The molecule has 0 radical (unpaired) electrons. The highest BCUT2D eigenvalue weighted by atomic mass is 16.5. The third-order valence-corrected chi connectivity index (χ3v) is 2.05. The molecule has 0 saturated carbocycles. The van der Waals surface area contributed by atoms with Crippen LogP contribution in [0.4, 0.5) is 0 Å². The van der Waals surface area contributed by atoms with Gasteiger partial charge in [-0.25, -0.2) is 4.98 Å². The van der Waals surface area contributed by atoms with Crippen molar-refractivity contribution < 1.29 is 14.3 Å². The van der Waals surface area contributed by atoms with Crippen molar-refractivity contribution >= 4 is 5.97 Å². The van der Waals surface area contributed by atoms with E-state index in [1.165, 1.54) is 0 Å². The topological polar surface area (TPSA) is 85.1 Å². The lowest BCUT2D eigenvalue weighted by Crippen LogP contribution is -2.17. The zero-order valence-electron chi connectivity index (χ0n) is 10.6. The molecule has 1 atom stereocenters. The first-order valence-electron chi connectivity index (χ1n) is 5.67. The van der Waals surface area contributed by atoms with E-state index in [1.54, 1.807) is 19.9 Å². The largest absolute Gasteiger partial charge is 0.478 e. The molecule has 0 bridgehead atoms. The van der Waals surface area contributed by atoms with Crippen LogP contribution in [0.25, 0.3) is 0 Å². The summed E-state index contributed by atoms with van der Waals surface area (Å²) in [5.74, 6) is -1.30. The number of nitrogens with zero attached hydrogens (tertiary/aromatic N) is 3. The lowest BCUT2D eigenvalue weighted by molar-refractivity contribution is -0.143. The summed E-state index contributed by atoms with van der Waals surface area (Å²) in [6.07, 6.45) is 0. The second kappa shape index (κ2) is 6.55. The second-order valence-corrected chi connectivity index (χ2v) is 3.45. The first kappa shape index (κ1) is 13.9. The highest BCUT2D eigenvalue weighted by Crippen LogP contribution is 2.17. The van der Waals surface area contributed by atoms with Crippen LogP contribution in [0.1, 0.15) is 31.3 Å². The van der Waals surface area contributed by atoms with Crippen LogP contribution in [0, 0.1) is 18.3 Å². The van der Waals surface area contributed by atoms with Crippen molar-refractivity contribution in [1.29, 1.82) is 5.26 Å². The van der Waals surface area contributed by atoms with Crippen molar-refractivity contribution in [3.8, 4) is 11.9 Å². The van der Waals surface area contributed by atoms with Crippen molar-refractivity contribution in [2.45, 2.75) is 26.7 Å². The Hall–Kier alpha value is -2.16. The number of carbonyl (C=O) groups is 1. The molecule has 1 unspecified atom stereocenters. The average Bonchev–Trinajstić information content (AvgIpc) is 2.30. The first-order chi connectivity index (χ1) is 8.62. The Morgan fingerprint density at radius 1 is 1.44 bits per heavy atom. The van der Waals surface area contributed by atoms with Gasteiger partial charge in [0.1, 0.15) is 0 Å². The molecule has 0 aliphatic carbocycles. The van der Waals surface area contributed by atoms with Gasteiger partial charge in [-0.1, -0.05) is 0 Å². The fourth-order valence-corrected chi connectivity index (χ4v) is 1.35. The standard InChI is InChI=1S/C12H15N3O3/c1-4-17-10-6-8(3)14-11(15-10)9(7-13)12(16)18-5-2/h6,9H,4-5H2,1-3H3. The number of carbonyl (C=O) groups excluding carboxylic acids is 1. The number of nitriles is 1. The Labute approximate surface area is 106 Å². The summed E-state index contributed by atoms with van der Waals surface area (Å²) < 4.78 is 10.1. The van der Waals surface area contributed by atoms with Crippen LogP contribution in [0.3, 0.4) is 0 Å². The summed E-state index contributed by atoms with van der Waals surface area (Å²) in [5, 5.41) is 9.02. The highest BCUT2D eigenvalue weighted by Gasteiger charge is 2.25. The number of hydrogen-bond acceptors (Lipinski definition) is 6. The number of aryl methyl sites for hydroxylation is 1. The van der Waals surface area contributed by atoms with Gasteiger partial charge in [0.15, 0.2) is 5.82 Å². The summed E-state index contributed by atoms with van der Waals surface area (Å²) in [5.41, 5.74) is 0.632. The van der Waals surface area contributed by atoms with E-state index in [0.717, 1.165) is 0 Å². The smallest absolute Gasteiger partial charge is 0.331 e. The molecular formula is C12H15N3O3. The Morgan fingerprint density at radius 3 is 2.72 bits per heavy atom. The molecule has 1 aromatic rings. The lowest BCUT2D eigenvalue weighted by atomic mass is 10.1. The van der Waals surface area contributed by atoms with Crippen molar-refractivity contribution in [3.05, 3.63) is 17.6 Å². The van der Waals surface area contributed by atoms with Crippen molar-refractivity contribution in [1.82, 2.24) is 9.97 Å². The predicted octanol–water partition coefficient (Wildman–Crippen LogP) is 1.35. The van der Waals surface area contributed by atoms with Gasteiger partial charge >= 0.3 is 5.97 Å². The zero-order chi connectivity index (χ0) is 13.5. The van der Waals surface area contributed by atoms with Gasteiger partial charge in [0, 0.05) is 11.8 Å². The number of rotatable bonds is 5. The fourth-order valence-electron chi connectivity index (χ4n) is 1.35. The monoisotopic (exact) mass is 249 g/mol. The molecule has 18 heavy (non-hydrogen) atoms. The quantitative estimate of drug-likeness (QED) is 0.732. The van der Waals surface area contributed by atoms with E-state index in [0.29, 0.717) is 18.2 Å². The minimum absolute atomic E-state index is 0.111. The Kier molecular flexibility index (Phi) is 5.06. The number of hydrogen-bond donors (Lipinski definition) is 0. The minimum atomic E-state index is -1.12. The molecule has 0 fully saturated rings. The molecule has 96 valence electrons. The van der Waals surface area contributed by atoms with Crippen molar-refractivity contribution in [2.75, 3.05) is 13.2 Å². The van der Waals surface area contributed by atoms with Crippen LogP contribution >= 0.6 is 0 Å². The van der Waals surface area contributed by atoms with Crippen LogP contribution in [0.2, 0.25) is 0 Å². The summed E-state index contributed by atoms with van der Waals surface area (Å²) in [4.78, 5) is 19.7. The van der Waals surface area contributed by atoms with E-state index in [4.69, 9.17) is 14.7 Å². The van der Waals surface area contributed by atoms with E-state index in [1.807, 2.05) is 13.0 Å². The molecule has 1 rings (SSSR count). The van der Waals surface area contributed by atoms with E-state index in [2.05, 4.69) is 9.97 Å². The third-order valence-electron chi connectivity index (χ3n) is 2.05. The molecule has 0 spiro atoms. The third kappa shape index (κ3) is 3.42. The maximum atomic E-state index is 11.6. The SMILES string of the molecule is CCOC(=O)C(C#N)c1nc(C)cc(OCC)n1. The predicted molar refractivity (Wildman–Crippen MR) is 62.9 cm³/mol. The molecule has 1 aromatic heterocycles. The Balaban J connectivity index is 3.06. The van der Waals surface area contributed by atoms with Gasteiger partial charge in [-0.3, -0.25) is 4.79 Å². The van der Waals surface area contributed by atoms with Gasteiger partial charge in [0.25, 0.3) is 0 Å². The average molecular weight is 249 g/mol. The van der Waals surface area contributed by atoms with Gasteiger partial charge < -0.3 is 9.47 Å². The molecule has 0 amide bonds. The maximum absolute atomic E-state index is 11.6. The summed E-state index contributed by atoms with van der Waals surface area (Å²) in [6.45, 7) is 5.90. The van der Waals surface area contributed by atoms with Crippen LogP contribution in [-0.4, -0.2) is 29.2 Å². The van der Waals surface area contributed by atoms with Crippen LogP contribution in [0.15, 0.2) is 6.07 Å². The summed E-state index contributed by atoms with van der Waals surface area (Å²) >= 11 is 0. The zero-order valence-corrected chi connectivity index (χ0v) is 10.6. The fraction of sp³-hybridized carbons (Fsp3) is 0.500. The molecule has 0 aliphatic rings. The van der Waals surface area contributed by atoms with Gasteiger partial charge in [-0.15, -0.1) is 0 Å². The van der Waals surface area contributed by atoms with Gasteiger partial charge in [0.05, 0.1) is 19.3 Å². The van der Waals surface area contributed by atoms with Crippen LogP contribution < -0.4 is 4.74 Å². The molecule has 0 saturated heterocycles. The summed E-state index contributed by atoms with van der Waals surface area (Å²) in [7, 11) is 0. The highest BCUT2D eigenvalue weighted by molar-refractivity contribution is 5.80. The lowest BCUT2D eigenvalue weighted by Gasteiger charge is -2.09. The Bertz CT molecular complexity index is 468. The number of aromatic nitrogens is 2. The molecule has 6 heteroatoms. The van der Waals surface area contributed by atoms with E-state index >= 15 is 0 Å². The van der Waals surface area contributed by atoms with Crippen LogP contribution in [0.5, 0.6) is 5.88 Å². The van der Waals surface area contributed by atoms with E-state index in [9.17, 15) is 4.79 Å². The number of ether oxygens (including phenoxy) is 2. The van der Waals surface area contributed by atoms with Gasteiger partial charge in [0.2, 0.25) is 11.8 Å². The summed E-state index contributed by atoms with van der Waals surface area (Å²) in [6, 6.07) is 3.49. The van der Waals surface area contributed by atoms with Gasteiger partial charge in [-0.2, -0.15) is 10.2 Å². The van der Waals surface area contributed by atoms with Crippen molar-refractivity contribution in [3.63, 3.8) is 0 Å². The molecule has 0 N–H and O–H groups in total. The first-order valence-corrected chi connectivity index (χ1v) is 5.67. The number of esters is 1. The Morgan fingerprint density at radius 2 is 2.17 bits per heavy atom. The second-order valence-electron chi connectivity index (χ2n) is 3.45. The van der Waals surface area contributed by atoms with Crippen molar-refractivity contribution in [2.24, 2.45) is 0 Å². The van der Waals surface area contributed by atoms with E-state index < -0.39 is 11.9 Å². The van der Waals surface area contributed by atoms with Crippen LogP contribution in [-0.2, 0) is 9.53 Å². The van der Waals surface area contributed by atoms with E-state index in [-0.39, 0.29) is 12.4 Å². The molecule has 6 nitrogen and oxygen atoms in total. The molecule has 0 aliphatic heterocycles. The molecule has 1 heterocycles. The maximum Gasteiger partial charge on any atom is 0.331 e. The minimum Gasteiger partial charge on any atom is -0.478 e.